The van der Waals surface area contributed by atoms with E-state index < -0.39 is 0 Å². The van der Waals surface area contributed by atoms with Gasteiger partial charge in [-0.2, -0.15) is 0 Å². The molecule has 0 aliphatic rings. The fourth-order valence-electron chi connectivity index (χ4n) is 4.06. The number of carbonyl (C=O) groups is 1. The van der Waals surface area contributed by atoms with Gasteiger partial charge in [-0.15, -0.1) is 0 Å². The first-order valence-corrected chi connectivity index (χ1v) is 11.6. The van der Waals surface area contributed by atoms with E-state index in [0.717, 1.165) is 30.5 Å². The summed E-state index contributed by atoms with van der Waals surface area (Å²) < 4.78 is 8.75. The van der Waals surface area contributed by atoms with Crippen molar-refractivity contribution in [1.82, 2.24) is 24.1 Å². The Morgan fingerprint density at radius 2 is 1.68 bits per heavy atom. The molecular weight excluding hydrogens is 430 g/mol. The first-order chi connectivity index (χ1) is 16.6. The molecular formula is C26H25N5O3. The average molecular weight is 456 g/mol. The Morgan fingerprint density at radius 3 is 2.38 bits per heavy atom. The minimum Gasteiger partial charge on any atom is -0.462 e. The average Bonchev–Trinajstić information content (AvgIpc) is 3.18. The fourth-order valence-corrected chi connectivity index (χ4v) is 4.06. The van der Waals surface area contributed by atoms with Crippen molar-refractivity contribution < 1.29 is 9.53 Å². The van der Waals surface area contributed by atoms with Crippen molar-refractivity contribution in [3.05, 3.63) is 70.8 Å². The number of aromatic nitrogens is 5. The summed E-state index contributed by atoms with van der Waals surface area (Å²) in [6.45, 7) is 5.04. The molecule has 0 atom stereocenters. The minimum atomic E-state index is -0.353. The number of rotatable bonds is 7. The molecule has 0 saturated carbocycles. The molecule has 0 amide bonds. The highest BCUT2D eigenvalue weighted by Crippen LogP contribution is 2.28. The normalized spacial score (nSPS) is 11.5. The summed E-state index contributed by atoms with van der Waals surface area (Å²) in [5.41, 5.74) is 4.04. The molecule has 3 aromatic heterocycles. The SMILES string of the molecule is CCCCOC(=O)c1ccc(-n2c3nc4ccccc4nc3c3c(=O)n(CCC)cnc32)cc1. The topological polar surface area (TPSA) is 91.9 Å². The van der Waals surface area contributed by atoms with Crippen molar-refractivity contribution in [2.75, 3.05) is 6.61 Å². The summed E-state index contributed by atoms with van der Waals surface area (Å²) in [5, 5.41) is 0.437. The van der Waals surface area contributed by atoms with Gasteiger partial charge in [0.05, 0.1) is 29.5 Å². The molecule has 0 bridgehead atoms. The van der Waals surface area contributed by atoms with Crippen molar-refractivity contribution >= 4 is 39.2 Å². The maximum atomic E-state index is 13.4. The van der Waals surface area contributed by atoms with Gasteiger partial charge in [0, 0.05) is 12.2 Å². The Labute approximate surface area is 195 Å². The molecule has 0 N–H and O–H groups in total. The number of aryl methyl sites for hydroxylation is 1. The molecule has 172 valence electrons. The number of fused-ring (bicyclic) bond motifs is 4. The molecule has 3 heterocycles. The van der Waals surface area contributed by atoms with Crippen LogP contribution in [-0.2, 0) is 11.3 Å². The zero-order valence-electron chi connectivity index (χ0n) is 19.2. The number of esters is 1. The third-order valence-electron chi connectivity index (χ3n) is 5.79. The lowest BCUT2D eigenvalue weighted by molar-refractivity contribution is 0.0500. The van der Waals surface area contributed by atoms with E-state index in [1.807, 2.05) is 54.8 Å². The van der Waals surface area contributed by atoms with Gasteiger partial charge in [0.1, 0.15) is 10.9 Å². The highest BCUT2D eigenvalue weighted by atomic mass is 16.5. The van der Waals surface area contributed by atoms with E-state index >= 15 is 0 Å². The van der Waals surface area contributed by atoms with Gasteiger partial charge in [0.2, 0.25) is 0 Å². The molecule has 0 aliphatic heterocycles. The van der Waals surface area contributed by atoms with Crippen LogP contribution in [0.4, 0.5) is 0 Å². The van der Waals surface area contributed by atoms with Gasteiger partial charge in [-0.25, -0.2) is 19.7 Å². The van der Waals surface area contributed by atoms with E-state index in [1.165, 1.54) is 0 Å². The van der Waals surface area contributed by atoms with Gasteiger partial charge in [-0.3, -0.25) is 13.9 Å². The van der Waals surface area contributed by atoms with Crippen LogP contribution in [0.3, 0.4) is 0 Å². The summed E-state index contributed by atoms with van der Waals surface area (Å²) in [6.07, 6.45) is 4.18. The lowest BCUT2D eigenvalue weighted by Gasteiger charge is -2.09. The van der Waals surface area contributed by atoms with Gasteiger partial charge in [0.25, 0.3) is 5.56 Å². The standard InChI is InChI=1S/C26H25N5O3/c1-3-5-15-34-26(33)17-10-12-18(13-11-17)31-23-21(25(32)30(14-4-2)16-27-23)22-24(31)29-20-9-7-6-8-19(20)28-22/h6-13,16H,3-5,14-15H2,1-2H3. The van der Waals surface area contributed by atoms with Crippen LogP contribution in [0.2, 0.25) is 0 Å². The minimum absolute atomic E-state index is 0.142. The Balaban J connectivity index is 1.71. The van der Waals surface area contributed by atoms with E-state index in [0.29, 0.717) is 46.4 Å². The first kappa shape index (κ1) is 21.8. The predicted molar refractivity (Wildman–Crippen MR) is 131 cm³/mol. The summed E-state index contributed by atoms with van der Waals surface area (Å²) in [6, 6.07) is 14.6. The Morgan fingerprint density at radius 1 is 0.941 bits per heavy atom. The van der Waals surface area contributed by atoms with Crippen LogP contribution in [0.15, 0.2) is 59.7 Å². The molecule has 5 rings (SSSR count). The number of carbonyl (C=O) groups excluding carboxylic acids is 1. The van der Waals surface area contributed by atoms with Gasteiger partial charge in [-0.05, 0) is 49.2 Å². The molecule has 5 aromatic rings. The number of benzene rings is 2. The zero-order chi connectivity index (χ0) is 23.7. The second kappa shape index (κ2) is 9.05. The van der Waals surface area contributed by atoms with E-state index in [1.54, 1.807) is 23.0 Å². The molecule has 0 saturated heterocycles. The molecule has 34 heavy (non-hydrogen) atoms. The Bertz CT molecular complexity index is 1570. The lowest BCUT2D eigenvalue weighted by Crippen LogP contribution is -2.20. The van der Waals surface area contributed by atoms with Crippen molar-refractivity contribution in [3.63, 3.8) is 0 Å². The van der Waals surface area contributed by atoms with Crippen molar-refractivity contribution in [1.29, 1.82) is 0 Å². The predicted octanol–water partition coefficient (Wildman–Crippen LogP) is 4.65. The molecule has 8 heteroatoms. The number of ether oxygens (including phenoxy) is 1. The van der Waals surface area contributed by atoms with Crippen LogP contribution in [0.5, 0.6) is 0 Å². The van der Waals surface area contributed by atoms with Crippen LogP contribution < -0.4 is 5.56 Å². The first-order valence-electron chi connectivity index (χ1n) is 11.6. The van der Waals surface area contributed by atoms with E-state index in [9.17, 15) is 9.59 Å². The molecule has 8 nitrogen and oxygen atoms in total. The van der Waals surface area contributed by atoms with Crippen molar-refractivity contribution in [3.8, 4) is 5.69 Å². The summed E-state index contributed by atoms with van der Waals surface area (Å²) in [7, 11) is 0. The van der Waals surface area contributed by atoms with E-state index in [-0.39, 0.29) is 11.5 Å². The molecule has 0 aliphatic carbocycles. The summed E-state index contributed by atoms with van der Waals surface area (Å²) >= 11 is 0. The molecule has 0 radical (unpaired) electrons. The lowest BCUT2D eigenvalue weighted by atomic mass is 10.2. The third kappa shape index (κ3) is 3.71. The number of hydrogen-bond acceptors (Lipinski definition) is 6. The molecule has 0 unspecified atom stereocenters. The monoisotopic (exact) mass is 455 g/mol. The largest absolute Gasteiger partial charge is 0.462 e. The molecule has 2 aromatic carbocycles. The highest BCUT2D eigenvalue weighted by Gasteiger charge is 2.21. The Kier molecular flexibility index (Phi) is 5.79. The van der Waals surface area contributed by atoms with Crippen LogP contribution >= 0.6 is 0 Å². The van der Waals surface area contributed by atoms with E-state index in [2.05, 4.69) is 4.98 Å². The number of nitrogens with zero attached hydrogens (tertiary/aromatic N) is 5. The van der Waals surface area contributed by atoms with Gasteiger partial charge in [-0.1, -0.05) is 32.4 Å². The van der Waals surface area contributed by atoms with Crippen molar-refractivity contribution in [2.24, 2.45) is 0 Å². The molecule has 0 spiro atoms. The highest BCUT2D eigenvalue weighted by molar-refractivity contribution is 6.05. The zero-order valence-corrected chi connectivity index (χ0v) is 19.2. The number of para-hydroxylation sites is 2. The van der Waals surface area contributed by atoms with Gasteiger partial charge in [0.15, 0.2) is 11.3 Å². The second-order valence-corrected chi connectivity index (χ2v) is 8.20. The quantitative estimate of drug-likeness (QED) is 0.262. The van der Waals surface area contributed by atoms with Crippen LogP contribution in [0, 0.1) is 0 Å². The van der Waals surface area contributed by atoms with Gasteiger partial charge < -0.3 is 4.74 Å². The van der Waals surface area contributed by atoms with Crippen LogP contribution in [0.25, 0.3) is 38.9 Å². The second-order valence-electron chi connectivity index (χ2n) is 8.20. The van der Waals surface area contributed by atoms with Crippen molar-refractivity contribution in [2.45, 2.75) is 39.7 Å². The summed E-state index contributed by atoms with van der Waals surface area (Å²) in [5.74, 6) is -0.353. The fraction of sp³-hybridized carbons (Fsp3) is 0.269. The summed E-state index contributed by atoms with van der Waals surface area (Å²) in [4.78, 5) is 39.9. The third-order valence-corrected chi connectivity index (χ3v) is 5.79. The maximum Gasteiger partial charge on any atom is 0.338 e. The van der Waals surface area contributed by atoms with Gasteiger partial charge >= 0.3 is 5.97 Å². The van der Waals surface area contributed by atoms with Crippen LogP contribution in [0.1, 0.15) is 43.5 Å². The molecule has 0 fully saturated rings. The smallest absolute Gasteiger partial charge is 0.338 e. The maximum absolute atomic E-state index is 13.4. The van der Waals surface area contributed by atoms with E-state index in [4.69, 9.17) is 14.7 Å². The number of hydrogen-bond donors (Lipinski definition) is 0. The Hall–Kier alpha value is -4.07. The van der Waals surface area contributed by atoms with Crippen LogP contribution in [-0.4, -0.2) is 36.7 Å². The number of unbranched alkanes of at least 4 members (excludes halogenated alkanes) is 1.